The summed E-state index contributed by atoms with van der Waals surface area (Å²) in [6.45, 7) is -0.422. The summed E-state index contributed by atoms with van der Waals surface area (Å²) < 4.78 is 5.04. The molecule has 0 aliphatic carbocycles. The Morgan fingerprint density at radius 2 is 1.79 bits per heavy atom. The molecule has 0 aliphatic rings. The number of para-hydroxylation sites is 1. The predicted molar refractivity (Wildman–Crippen MR) is 92.8 cm³/mol. The number of nitrogens with zero attached hydrogens (tertiary/aromatic N) is 1. The molecule has 1 aromatic heterocycles. The monoisotopic (exact) mass is 359 g/mol. The van der Waals surface area contributed by atoms with Gasteiger partial charge in [-0.2, -0.15) is 0 Å². The van der Waals surface area contributed by atoms with Crippen molar-refractivity contribution in [3.63, 3.8) is 0 Å². The van der Waals surface area contributed by atoms with E-state index < -0.39 is 18.4 Å². The number of rotatable bonds is 4. The number of esters is 1. The summed E-state index contributed by atoms with van der Waals surface area (Å²) in [4.78, 5) is 28.4. The van der Waals surface area contributed by atoms with Crippen molar-refractivity contribution < 1.29 is 14.3 Å². The first-order valence-electron chi connectivity index (χ1n) is 7.06. The van der Waals surface area contributed by atoms with Gasteiger partial charge in [0.25, 0.3) is 0 Å². The summed E-state index contributed by atoms with van der Waals surface area (Å²) in [7, 11) is 0. The molecule has 2 aromatic carbocycles. The molecule has 0 atom stereocenters. The van der Waals surface area contributed by atoms with E-state index in [1.807, 2.05) is 18.2 Å². The molecule has 0 unspecified atom stereocenters. The highest BCUT2D eigenvalue weighted by atomic mass is 35.5. The molecule has 0 bridgehead atoms. The number of ketones is 1. The Labute approximate surface area is 148 Å². The maximum absolute atomic E-state index is 12.1. The molecular weight excluding hydrogens is 349 g/mol. The number of pyridine rings is 1. The van der Waals surface area contributed by atoms with E-state index in [0.29, 0.717) is 10.5 Å². The fourth-order valence-corrected chi connectivity index (χ4v) is 2.69. The van der Waals surface area contributed by atoms with Crippen LogP contribution in [0.15, 0.2) is 54.6 Å². The normalized spacial score (nSPS) is 10.6. The number of benzene rings is 2. The first-order valence-corrected chi connectivity index (χ1v) is 7.81. The largest absolute Gasteiger partial charge is 0.453 e. The molecule has 0 amide bonds. The van der Waals surface area contributed by atoms with E-state index in [1.165, 1.54) is 12.1 Å². The second-order valence-electron chi connectivity index (χ2n) is 5.01. The van der Waals surface area contributed by atoms with Crippen LogP contribution in [-0.4, -0.2) is 23.3 Å². The van der Waals surface area contributed by atoms with Gasteiger partial charge in [-0.25, -0.2) is 9.78 Å². The number of halogens is 2. The smallest absolute Gasteiger partial charge is 0.357 e. The fraction of sp³-hybridized carbons (Fsp3) is 0.0556. The molecule has 0 radical (unpaired) electrons. The molecule has 0 spiro atoms. The number of ether oxygens (including phenoxy) is 1. The summed E-state index contributed by atoms with van der Waals surface area (Å²) >= 11 is 11.8. The molecule has 3 rings (SSSR count). The second-order valence-corrected chi connectivity index (χ2v) is 5.86. The Morgan fingerprint density at radius 3 is 2.58 bits per heavy atom. The van der Waals surface area contributed by atoms with Crippen molar-refractivity contribution in [1.82, 2.24) is 4.98 Å². The highest BCUT2D eigenvalue weighted by molar-refractivity contribution is 6.36. The Bertz CT molecular complexity index is 940. The molecule has 4 nitrogen and oxygen atoms in total. The van der Waals surface area contributed by atoms with Gasteiger partial charge < -0.3 is 4.74 Å². The first-order chi connectivity index (χ1) is 11.5. The highest BCUT2D eigenvalue weighted by Gasteiger charge is 2.15. The van der Waals surface area contributed by atoms with Gasteiger partial charge in [-0.3, -0.25) is 4.79 Å². The zero-order chi connectivity index (χ0) is 17.1. The third kappa shape index (κ3) is 3.55. The summed E-state index contributed by atoms with van der Waals surface area (Å²) in [5.74, 6) is -1.08. The van der Waals surface area contributed by atoms with Crippen molar-refractivity contribution in [2.75, 3.05) is 6.61 Å². The quantitative estimate of drug-likeness (QED) is 0.505. The van der Waals surface area contributed by atoms with Gasteiger partial charge in [0.2, 0.25) is 5.78 Å². The van der Waals surface area contributed by atoms with Gasteiger partial charge in [0.15, 0.2) is 6.61 Å². The summed E-state index contributed by atoms with van der Waals surface area (Å²) in [6, 6.07) is 15.2. The topological polar surface area (TPSA) is 56.3 Å². The minimum Gasteiger partial charge on any atom is -0.453 e. The Morgan fingerprint density at radius 1 is 1.00 bits per heavy atom. The van der Waals surface area contributed by atoms with Gasteiger partial charge in [0.1, 0.15) is 5.69 Å². The van der Waals surface area contributed by atoms with Crippen LogP contribution in [0, 0.1) is 0 Å². The number of hydrogen-bond acceptors (Lipinski definition) is 4. The maximum Gasteiger partial charge on any atom is 0.357 e. The first kappa shape index (κ1) is 16.4. The SMILES string of the molecule is O=C(OCC(=O)c1ccc(Cl)cc1Cl)c1ccc2ccccc2n1. The van der Waals surface area contributed by atoms with E-state index in [0.717, 1.165) is 5.39 Å². The molecule has 0 aliphatic heterocycles. The van der Waals surface area contributed by atoms with E-state index in [-0.39, 0.29) is 16.3 Å². The summed E-state index contributed by atoms with van der Waals surface area (Å²) in [5, 5.41) is 1.55. The van der Waals surface area contributed by atoms with Gasteiger partial charge in [-0.05, 0) is 30.3 Å². The third-order valence-electron chi connectivity index (χ3n) is 3.37. The average molecular weight is 360 g/mol. The van der Waals surface area contributed by atoms with Crippen LogP contribution in [0.5, 0.6) is 0 Å². The highest BCUT2D eigenvalue weighted by Crippen LogP contribution is 2.21. The van der Waals surface area contributed by atoms with Crippen LogP contribution >= 0.6 is 23.2 Å². The van der Waals surface area contributed by atoms with Gasteiger partial charge in [0.05, 0.1) is 10.5 Å². The van der Waals surface area contributed by atoms with Crippen LogP contribution in [0.1, 0.15) is 20.8 Å². The molecule has 0 saturated carbocycles. The van der Waals surface area contributed by atoms with Crippen molar-refractivity contribution in [2.45, 2.75) is 0 Å². The van der Waals surface area contributed by atoms with Gasteiger partial charge in [-0.15, -0.1) is 0 Å². The van der Waals surface area contributed by atoms with Crippen LogP contribution in [-0.2, 0) is 4.74 Å². The minimum atomic E-state index is -0.667. The molecular formula is C18H11Cl2NO3. The van der Waals surface area contributed by atoms with Crippen LogP contribution in [0.25, 0.3) is 10.9 Å². The lowest BCUT2D eigenvalue weighted by Gasteiger charge is -2.06. The molecule has 120 valence electrons. The molecule has 0 fully saturated rings. The van der Waals surface area contributed by atoms with Crippen molar-refractivity contribution >= 4 is 45.9 Å². The van der Waals surface area contributed by atoms with Crippen LogP contribution in [0.4, 0.5) is 0 Å². The Hall–Kier alpha value is -2.43. The van der Waals surface area contributed by atoms with Crippen LogP contribution < -0.4 is 0 Å². The number of hydrogen-bond donors (Lipinski definition) is 0. The zero-order valence-electron chi connectivity index (χ0n) is 12.3. The second kappa shape index (κ2) is 6.99. The molecule has 1 heterocycles. The minimum absolute atomic E-state index is 0.142. The standard InChI is InChI=1S/C18H11Cl2NO3/c19-12-6-7-13(14(20)9-12)17(22)10-24-18(23)16-8-5-11-3-1-2-4-15(11)21-16/h1-9H,10H2. The number of carbonyl (C=O) groups is 2. The number of fused-ring (bicyclic) bond motifs is 1. The van der Waals surface area contributed by atoms with E-state index >= 15 is 0 Å². The molecule has 0 saturated heterocycles. The lowest BCUT2D eigenvalue weighted by molar-refractivity contribution is 0.0469. The molecule has 3 aromatic rings. The van der Waals surface area contributed by atoms with Crippen LogP contribution in [0.3, 0.4) is 0 Å². The lowest BCUT2D eigenvalue weighted by atomic mass is 10.1. The van der Waals surface area contributed by atoms with Crippen LogP contribution in [0.2, 0.25) is 10.0 Å². The number of carbonyl (C=O) groups excluding carboxylic acids is 2. The van der Waals surface area contributed by atoms with Crippen molar-refractivity contribution in [3.8, 4) is 0 Å². The summed E-state index contributed by atoms with van der Waals surface area (Å²) in [6.07, 6.45) is 0. The van der Waals surface area contributed by atoms with E-state index in [1.54, 1.807) is 24.3 Å². The van der Waals surface area contributed by atoms with E-state index in [2.05, 4.69) is 4.98 Å². The van der Waals surface area contributed by atoms with Crippen molar-refractivity contribution in [1.29, 1.82) is 0 Å². The lowest BCUT2D eigenvalue weighted by Crippen LogP contribution is -2.15. The maximum atomic E-state index is 12.1. The van der Waals surface area contributed by atoms with Gasteiger partial charge in [-0.1, -0.05) is 47.5 Å². The average Bonchev–Trinajstić information content (AvgIpc) is 2.59. The van der Waals surface area contributed by atoms with Crippen molar-refractivity contribution in [3.05, 3.63) is 75.9 Å². The van der Waals surface area contributed by atoms with Crippen molar-refractivity contribution in [2.24, 2.45) is 0 Å². The van der Waals surface area contributed by atoms with Gasteiger partial charge in [0, 0.05) is 16.0 Å². The van der Waals surface area contributed by atoms with E-state index in [4.69, 9.17) is 27.9 Å². The number of aromatic nitrogens is 1. The number of Topliss-reactive ketones (excluding diaryl/α,β-unsaturated/α-hetero) is 1. The third-order valence-corrected chi connectivity index (χ3v) is 3.92. The van der Waals surface area contributed by atoms with E-state index in [9.17, 15) is 9.59 Å². The molecule has 6 heteroatoms. The molecule has 0 N–H and O–H groups in total. The zero-order valence-corrected chi connectivity index (χ0v) is 13.8. The Balaban J connectivity index is 1.71. The fourth-order valence-electron chi connectivity index (χ4n) is 2.18. The van der Waals surface area contributed by atoms with Gasteiger partial charge >= 0.3 is 5.97 Å². The predicted octanol–water partition coefficient (Wildman–Crippen LogP) is 4.58. The summed E-state index contributed by atoms with van der Waals surface area (Å²) in [5.41, 5.74) is 1.07. The molecule has 24 heavy (non-hydrogen) atoms. The Kier molecular flexibility index (Phi) is 4.79.